The van der Waals surface area contributed by atoms with Gasteiger partial charge in [-0.15, -0.1) is 0 Å². The number of aliphatic imine (C=N–C) groups is 1. The van der Waals surface area contributed by atoms with E-state index in [-0.39, 0.29) is 5.41 Å². The summed E-state index contributed by atoms with van der Waals surface area (Å²) >= 11 is 0. The fourth-order valence-electron chi connectivity index (χ4n) is 8.83. The van der Waals surface area contributed by atoms with Gasteiger partial charge in [0.15, 0.2) is 0 Å². The van der Waals surface area contributed by atoms with Crippen LogP contribution in [0.15, 0.2) is 23.2 Å². The molecule has 1 aromatic heterocycles. The van der Waals surface area contributed by atoms with Gasteiger partial charge in [0.05, 0.1) is 18.5 Å². The third-order valence-corrected chi connectivity index (χ3v) is 10.8. The molecule has 5 rings (SSSR count). The molecule has 1 aliphatic heterocycles. The molecule has 0 radical (unpaired) electrons. The summed E-state index contributed by atoms with van der Waals surface area (Å²) in [6, 6.07) is 6.52. The van der Waals surface area contributed by atoms with Gasteiger partial charge in [-0.1, -0.05) is 80.1 Å². The van der Waals surface area contributed by atoms with E-state index in [9.17, 15) is 0 Å². The van der Waals surface area contributed by atoms with Crippen LogP contribution in [0.3, 0.4) is 0 Å². The number of nitrogens with one attached hydrogen (secondary N) is 1. The highest BCUT2D eigenvalue weighted by Crippen LogP contribution is 2.53. The van der Waals surface area contributed by atoms with Gasteiger partial charge in [-0.05, 0) is 78.4 Å². The molecule has 3 nitrogen and oxygen atoms in total. The van der Waals surface area contributed by atoms with E-state index in [2.05, 4.69) is 64.7 Å². The van der Waals surface area contributed by atoms with E-state index in [1.54, 1.807) is 7.11 Å². The summed E-state index contributed by atoms with van der Waals surface area (Å²) in [5, 5.41) is 1.35. The summed E-state index contributed by atoms with van der Waals surface area (Å²) in [4.78, 5) is 9.20. The molecular formula is C34H52N2O. The molecule has 0 amide bonds. The smallest absolute Gasteiger partial charge is 0.120 e. The highest BCUT2D eigenvalue weighted by Gasteiger charge is 2.47. The molecule has 0 saturated heterocycles. The van der Waals surface area contributed by atoms with Crippen molar-refractivity contribution in [2.75, 3.05) is 13.7 Å². The number of methoxy groups -OCH3 is 1. The number of fused-ring (bicyclic) bond motifs is 3. The summed E-state index contributed by atoms with van der Waals surface area (Å²) in [6.45, 7) is 15.9. The number of nitrogens with zero attached hydrogens (tertiary/aromatic N) is 1. The van der Waals surface area contributed by atoms with Crippen LogP contribution in [0.5, 0.6) is 5.75 Å². The first-order valence-electron chi connectivity index (χ1n) is 15.4. The Hall–Kier alpha value is -1.77. The number of rotatable bonds is 7. The second-order valence-corrected chi connectivity index (χ2v) is 14.0. The quantitative estimate of drug-likeness (QED) is 0.401. The van der Waals surface area contributed by atoms with Crippen LogP contribution in [0.4, 0.5) is 0 Å². The lowest BCUT2D eigenvalue weighted by molar-refractivity contribution is 0.0336. The predicted octanol–water partition coefficient (Wildman–Crippen LogP) is 9.09. The highest BCUT2D eigenvalue weighted by atomic mass is 16.5. The molecule has 3 aliphatic rings. The van der Waals surface area contributed by atoms with Crippen molar-refractivity contribution in [3.63, 3.8) is 0 Å². The van der Waals surface area contributed by atoms with Crippen molar-refractivity contribution in [3.8, 4) is 5.75 Å². The molecule has 0 bridgehead atoms. The Morgan fingerprint density at radius 3 is 2.05 bits per heavy atom. The molecule has 0 spiro atoms. The van der Waals surface area contributed by atoms with Crippen molar-refractivity contribution in [2.24, 2.45) is 51.8 Å². The van der Waals surface area contributed by atoms with Crippen LogP contribution in [-0.2, 0) is 6.42 Å². The maximum Gasteiger partial charge on any atom is 0.120 e. The highest BCUT2D eigenvalue weighted by molar-refractivity contribution is 6.09. The van der Waals surface area contributed by atoms with Gasteiger partial charge in [0.25, 0.3) is 0 Å². The molecule has 204 valence electrons. The van der Waals surface area contributed by atoms with Crippen LogP contribution in [0.1, 0.15) is 104 Å². The van der Waals surface area contributed by atoms with Crippen LogP contribution in [-0.4, -0.2) is 24.4 Å². The summed E-state index contributed by atoms with van der Waals surface area (Å²) in [5.74, 6) is 6.59. The largest absolute Gasteiger partial charge is 0.497 e. The van der Waals surface area contributed by atoms with Gasteiger partial charge in [0.2, 0.25) is 0 Å². The van der Waals surface area contributed by atoms with Gasteiger partial charge < -0.3 is 9.72 Å². The minimum atomic E-state index is 0.0488. The Balaban J connectivity index is 1.55. The topological polar surface area (TPSA) is 37.4 Å². The lowest BCUT2D eigenvalue weighted by atomic mass is 9.55. The maximum absolute atomic E-state index is 5.55. The Morgan fingerprint density at radius 1 is 0.892 bits per heavy atom. The molecule has 2 fully saturated rings. The number of hydrogen-bond donors (Lipinski definition) is 1. The van der Waals surface area contributed by atoms with Crippen LogP contribution in [0.2, 0.25) is 0 Å². The van der Waals surface area contributed by atoms with Crippen LogP contribution < -0.4 is 4.74 Å². The first-order chi connectivity index (χ1) is 17.7. The molecular weight excluding hydrogens is 452 g/mol. The SMILES string of the molecule is COc1ccc2c3c([nH]c2c1)C(C(C)(C)C(C1CCCC(C(C)C)C1)C1CCCC(C(C)C)C1)=NCC3. The lowest BCUT2D eigenvalue weighted by Crippen LogP contribution is -2.46. The number of benzene rings is 1. The van der Waals surface area contributed by atoms with Crippen molar-refractivity contribution in [1.29, 1.82) is 0 Å². The van der Waals surface area contributed by atoms with E-state index in [0.717, 1.165) is 54.2 Å². The molecule has 2 heterocycles. The number of aromatic amines is 1. The number of aromatic nitrogens is 1. The predicted molar refractivity (Wildman–Crippen MR) is 158 cm³/mol. The van der Waals surface area contributed by atoms with E-state index >= 15 is 0 Å². The zero-order chi connectivity index (χ0) is 26.3. The first-order valence-corrected chi connectivity index (χ1v) is 15.4. The van der Waals surface area contributed by atoms with Gasteiger partial charge in [-0.2, -0.15) is 0 Å². The summed E-state index contributed by atoms with van der Waals surface area (Å²) in [6.07, 6.45) is 12.3. The van der Waals surface area contributed by atoms with Crippen molar-refractivity contribution in [3.05, 3.63) is 29.5 Å². The van der Waals surface area contributed by atoms with Crippen LogP contribution in [0, 0.1) is 46.8 Å². The fourth-order valence-corrected chi connectivity index (χ4v) is 8.83. The molecule has 2 saturated carbocycles. The fraction of sp³-hybridized carbons (Fsp3) is 0.735. The third-order valence-electron chi connectivity index (χ3n) is 10.8. The van der Waals surface area contributed by atoms with Crippen molar-refractivity contribution in [2.45, 2.75) is 99.3 Å². The molecule has 3 heteroatoms. The van der Waals surface area contributed by atoms with Gasteiger partial charge in [-0.25, -0.2) is 0 Å². The molecule has 1 N–H and O–H groups in total. The molecule has 4 atom stereocenters. The average molecular weight is 505 g/mol. The zero-order valence-corrected chi connectivity index (χ0v) is 24.7. The second kappa shape index (κ2) is 10.8. The van der Waals surface area contributed by atoms with Gasteiger partial charge >= 0.3 is 0 Å². The van der Waals surface area contributed by atoms with Gasteiger partial charge in [0, 0.05) is 28.9 Å². The Morgan fingerprint density at radius 2 is 1.49 bits per heavy atom. The summed E-state index contributed by atoms with van der Waals surface area (Å²) in [7, 11) is 1.76. The van der Waals surface area contributed by atoms with E-state index in [4.69, 9.17) is 9.73 Å². The van der Waals surface area contributed by atoms with E-state index in [1.165, 1.54) is 79.2 Å². The van der Waals surface area contributed by atoms with E-state index in [1.807, 2.05) is 0 Å². The Labute approximate surface area is 226 Å². The number of hydrogen-bond acceptors (Lipinski definition) is 2. The van der Waals surface area contributed by atoms with Crippen LogP contribution >= 0.6 is 0 Å². The lowest BCUT2D eigenvalue weighted by Gasteiger charge is -2.50. The second-order valence-electron chi connectivity index (χ2n) is 14.0. The standard InChI is InChI=1S/C34H52N2O/c1-21(2)23-10-8-12-25(18-23)31(26-13-9-11-24(19-26)22(3)4)34(5,6)33-32-29(16-17-35-33)28-15-14-27(37-7)20-30(28)36-32/h14-15,20-26,31,36H,8-13,16-19H2,1-7H3. The normalized spacial score (nSPS) is 27.9. The van der Waals surface area contributed by atoms with E-state index < -0.39 is 0 Å². The minimum absolute atomic E-state index is 0.0488. The minimum Gasteiger partial charge on any atom is -0.497 e. The molecule has 1 aromatic carbocycles. The van der Waals surface area contributed by atoms with Crippen molar-refractivity contribution < 1.29 is 4.74 Å². The molecule has 2 aromatic rings. The van der Waals surface area contributed by atoms with Gasteiger partial charge in [-0.3, -0.25) is 4.99 Å². The zero-order valence-electron chi connectivity index (χ0n) is 24.7. The number of H-pyrrole nitrogens is 1. The number of ether oxygens (including phenoxy) is 1. The van der Waals surface area contributed by atoms with Crippen molar-refractivity contribution in [1.82, 2.24) is 4.98 Å². The molecule has 2 aliphatic carbocycles. The van der Waals surface area contributed by atoms with E-state index in [0.29, 0.717) is 5.92 Å². The monoisotopic (exact) mass is 504 g/mol. The third kappa shape index (κ3) is 5.13. The molecule has 4 unspecified atom stereocenters. The maximum atomic E-state index is 5.55. The van der Waals surface area contributed by atoms with Crippen molar-refractivity contribution >= 4 is 16.6 Å². The molecule has 37 heavy (non-hydrogen) atoms. The first kappa shape index (κ1) is 26.8. The summed E-state index contributed by atoms with van der Waals surface area (Å²) in [5.41, 5.74) is 5.39. The Bertz CT molecular complexity index is 1080. The van der Waals surface area contributed by atoms with Gasteiger partial charge in [0.1, 0.15) is 5.75 Å². The average Bonchev–Trinajstić information content (AvgIpc) is 3.26. The Kier molecular flexibility index (Phi) is 7.81. The summed E-state index contributed by atoms with van der Waals surface area (Å²) < 4.78 is 5.55. The van der Waals surface area contributed by atoms with Crippen LogP contribution in [0.25, 0.3) is 10.9 Å².